The van der Waals surface area contributed by atoms with Crippen molar-refractivity contribution < 1.29 is 24.2 Å². The summed E-state index contributed by atoms with van der Waals surface area (Å²) in [5.74, 6) is -1.95. The largest absolute Gasteiger partial charge is 0.467 e. The summed E-state index contributed by atoms with van der Waals surface area (Å²) in [5, 5.41) is 21.0. The lowest BCUT2D eigenvalue weighted by atomic mass is 10.0. The van der Waals surface area contributed by atoms with Gasteiger partial charge in [-0.15, -0.1) is 0 Å². The van der Waals surface area contributed by atoms with Crippen LogP contribution in [0.2, 0.25) is 0 Å². The molecule has 0 aromatic heterocycles. The molecule has 4 atom stereocenters. The number of likely N-dealkylation sites (tertiary alicyclic amines) is 1. The van der Waals surface area contributed by atoms with Crippen molar-refractivity contribution in [2.24, 2.45) is 5.92 Å². The standard InChI is InChI=1S/C14H21N3O5/c1-8(6-15)4-11(14(21)22-3)16-13(20)12-5-10(19)7-17(12)9(2)18/h8,10-12,19H,4-5,7H2,1-3H3,(H,16,20)/t8-,10-,11-,12+/m1/s1. The molecule has 0 aromatic rings. The Morgan fingerprint density at radius 1 is 1.50 bits per heavy atom. The molecule has 0 aliphatic carbocycles. The zero-order valence-corrected chi connectivity index (χ0v) is 12.9. The van der Waals surface area contributed by atoms with Crippen LogP contribution >= 0.6 is 0 Å². The molecule has 1 aliphatic heterocycles. The third-order valence-electron chi connectivity index (χ3n) is 3.60. The maximum atomic E-state index is 12.3. The van der Waals surface area contributed by atoms with Gasteiger partial charge in [0.2, 0.25) is 11.8 Å². The van der Waals surface area contributed by atoms with Crippen molar-refractivity contribution in [3.8, 4) is 6.07 Å². The Morgan fingerprint density at radius 3 is 2.64 bits per heavy atom. The average Bonchev–Trinajstić information content (AvgIpc) is 2.87. The van der Waals surface area contributed by atoms with Gasteiger partial charge in [0.05, 0.1) is 19.3 Å². The summed E-state index contributed by atoms with van der Waals surface area (Å²) in [4.78, 5) is 36.8. The second-order valence-electron chi connectivity index (χ2n) is 5.43. The summed E-state index contributed by atoms with van der Waals surface area (Å²) in [6.45, 7) is 3.03. The van der Waals surface area contributed by atoms with E-state index < -0.39 is 36.0 Å². The first-order valence-corrected chi connectivity index (χ1v) is 7.03. The molecule has 1 saturated heterocycles. The van der Waals surface area contributed by atoms with Crippen LogP contribution in [-0.4, -0.2) is 59.6 Å². The minimum absolute atomic E-state index is 0.0882. The summed E-state index contributed by atoms with van der Waals surface area (Å²) in [5.41, 5.74) is 0. The quantitative estimate of drug-likeness (QED) is 0.640. The highest BCUT2D eigenvalue weighted by Gasteiger charge is 2.39. The molecule has 22 heavy (non-hydrogen) atoms. The fourth-order valence-electron chi connectivity index (χ4n) is 2.44. The smallest absolute Gasteiger partial charge is 0.328 e. The van der Waals surface area contributed by atoms with E-state index in [0.29, 0.717) is 0 Å². The number of nitrogens with one attached hydrogen (secondary N) is 1. The maximum Gasteiger partial charge on any atom is 0.328 e. The molecule has 0 aromatic carbocycles. The van der Waals surface area contributed by atoms with Gasteiger partial charge in [-0.05, 0) is 13.3 Å². The van der Waals surface area contributed by atoms with E-state index in [1.54, 1.807) is 6.92 Å². The minimum atomic E-state index is -0.960. The van der Waals surface area contributed by atoms with Gasteiger partial charge in [0.25, 0.3) is 0 Å². The first-order valence-electron chi connectivity index (χ1n) is 7.03. The van der Waals surface area contributed by atoms with Crippen LogP contribution in [0.1, 0.15) is 26.7 Å². The van der Waals surface area contributed by atoms with E-state index in [0.717, 1.165) is 0 Å². The van der Waals surface area contributed by atoms with Crippen molar-refractivity contribution in [1.82, 2.24) is 10.2 Å². The number of hydrogen-bond acceptors (Lipinski definition) is 6. The van der Waals surface area contributed by atoms with E-state index in [9.17, 15) is 19.5 Å². The summed E-state index contributed by atoms with van der Waals surface area (Å²) in [6.07, 6.45) is -0.536. The number of amides is 2. The number of hydrogen-bond donors (Lipinski definition) is 2. The molecule has 0 unspecified atom stereocenters. The molecule has 2 amide bonds. The Labute approximate surface area is 129 Å². The highest BCUT2D eigenvalue weighted by molar-refractivity contribution is 5.90. The van der Waals surface area contributed by atoms with Crippen LogP contribution in [0.4, 0.5) is 0 Å². The summed E-state index contributed by atoms with van der Waals surface area (Å²) < 4.78 is 4.62. The monoisotopic (exact) mass is 311 g/mol. The molecule has 1 heterocycles. The predicted molar refractivity (Wildman–Crippen MR) is 75.1 cm³/mol. The van der Waals surface area contributed by atoms with Crippen LogP contribution in [0.25, 0.3) is 0 Å². The van der Waals surface area contributed by atoms with Crippen molar-refractivity contribution in [3.05, 3.63) is 0 Å². The van der Waals surface area contributed by atoms with Crippen LogP contribution in [0.3, 0.4) is 0 Å². The highest BCUT2D eigenvalue weighted by Crippen LogP contribution is 2.19. The molecule has 8 heteroatoms. The Bertz CT molecular complexity index is 487. The number of aliphatic hydroxyl groups excluding tert-OH is 1. The van der Waals surface area contributed by atoms with Crippen LogP contribution in [-0.2, 0) is 19.1 Å². The molecule has 1 aliphatic rings. The lowest BCUT2D eigenvalue weighted by molar-refractivity contribution is -0.146. The molecule has 0 bridgehead atoms. The second-order valence-corrected chi connectivity index (χ2v) is 5.43. The van der Waals surface area contributed by atoms with E-state index in [-0.39, 0.29) is 25.3 Å². The van der Waals surface area contributed by atoms with Crippen molar-refractivity contribution in [3.63, 3.8) is 0 Å². The lowest BCUT2D eigenvalue weighted by Crippen LogP contribution is -2.51. The number of methoxy groups -OCH3 is 1. The van der Waals surface area contributed by atoms with Crippen molar-refractivity contribution in [2.45, 2.75) is 44.9 Å². The number of ether oxygens (including phenoxy) is 1. The Morgan fingerprint density at radius 2 is 2.14 bits per heavy atom. The van der Waals surface area contributed by atoms with Gasteiger partial charge in [-0.25, -0.2) is 4.79 Å². The van der Waals surface area contributed by atoms with Crippen LogP contribution in [0, 0.1) is 17.2 Å². The van der Waals surface area contributed by atoms with Crippen LogP contribution in [0.5, 0.6) is 0 Å². The zero-order chi connectivity index (χ0) is 16.9. The van der Waals surface area contributed by atoms with Gasteiger partial charge in [-0.2, -0.15) is 5.26 Å². The summed E-state index contributed by atoms with van der Waals surface area (Å²) in [7, 11) is 1.19. The SMILES string of the molecule is COC(=O)[C@@H](C[C@@H](C)C#N)NC(=O)[C@@H]1C[C@@H](O)CN1C(C)=O. The number of aliphatic hydroxyl groups is 1. The Kier molecular flexibility index (Phi) is 6.31. The van der Waals surface area contributed by atoms with E-state index in [2.05, 4.69) is 10.1 Å². The van der Waals surface area contributed by atoms with E-state index >= 15 is 0 Å². The highest BCUT2D eigenvalue weighted by atomic mass is 16.5. The van der Waals surface area contributed by atoms with Gasteiger partial charge in [0.1, 0.15) is 12.1 Å². The van der Waals surface area contributed by atoms with Gasteiger partial charge in [-0.3, -0.25) is 9.59 Å². The third-order valence-corrected chi connectivity index (χ3v) is 3.60. The van der Waals surface area contributed by atoms with E-state index in [1.807, 2.05) is 6.07 Å². The first-order chi connectivity index (χ1) is 10.3. The molecule has 0 saturated carbocycles. The van der Waals surface area contributed by atoms with Gasteiger partial charge in [0, 0.05) is 25.8 Å². The molecular weight excluding hydrogens is 290 g/mol. The molecular formula is C14H21N3O5. The Balaban J connectivity index is 2.79. The van der Waals surface area contributed by atoms with Crippen molar-refractivity contribution in [2.75, 3.05) is 13.7 Å². The van der Waals surface area contributed by atoms with E-state index in [1.165, 1.54) is 18.9 Å². The van der Waals surface area contributed by atoms with Gasteiger partial charge >= 0.3 is 5.97 Å². The molecule has 1 fully saturated rings. The fraction of sp³-hybridized carbons (Fsp3) is 0.714. The second kappa shape index (κ2) is 7.75. The number of esters is 1. The molecule has 8 nitrogen and oxygen atoms in total. The number of β-amino-alcohol motifs (C(OH)–C–C–N with tert-alkyl or cyclic N) is 1. The predicted octanol–water partition coefficient (Wildman–Crippen LogP) is -0.824. The summed E-state index contributed by atoms with van der Waals surface area (Å²) in [6, 6.07) is 0.206. The molecule has 0 radical (unpaired) electrons. The normalized spacial score (nSPS) is 23.3. The number of rotatable bonds is 5. The Hall–Kier alpha value is -2.14. The van der Waals surface area contributed by atoms with Crippen molar-refractivity contribution >= 4 is 17.8 Å². The van der Waals surface area contributed by atoms with Gasteiger partial charge in [0.15, 0.2) is 0 Å². The maximum absolute atomic E-state index is 12.3. The van der Waals surface area contributed by atoms with E-state index in [4.69, 9.17) is 5.26 Å². The summed E-state index contributed by atoms with van der Waals surface area (Å²) >= 11 is 0. The topological polar surface area (TPSA) is 120 Å². The molecule has 1 rings (SSSR count). The van der Waals surface area contributed by atoms with Crippen LogP contribution in [0.15, 0.2) is 0 Å². The fourth-order valence-corrected chi connectivity index (χ4v) is 2.44. The zero-order valence-electron chi connectivity index (χ0n) is 12.9. The average molecular weight is 311 g/mol. The van der Waals surface area contributed by atoms with Crippen molar-refractivity contribution in [1.29, 1.82) is 5.26 Å². The number of carbonyl (C=O) groups is 3. The number of nitrogens with zero attached hydrogens (tertiary/aromatic N) is 2. The molecule has 122 valence electrons. The molecule has 2 N–H and O–H groups in total. The lowest BCUT2D eigenvalue weighted by Gasteiger charge is -2.24. The first kappa shape index (κ1) is 17.9. The minimum Gasteiger partial charge on any atom is -0.467 e. The van der Waals surface area contributed by atoms with Gasteiger partial charge in [-0.1, -0.05) is 0 Å². The third kappa shape index (κ3) is 4.43. The molecule has 0 spiro atoms. The number of carbonyl (C=O) groups excluding carboxylic acids is 3. The number of nitriles is 1. The van der Waals surface area contributed by atoms with Gasteiger partial charge < -0.3 is 20.1 Å². The van der Waals surface area contributed by atoms with Crippen LogP contribution < -0.4 is 5.32 Å².